The van der Waals surface area contributed by atoms with Crippen molar-refractivity contribution in [1.82, 2.24) is 0 Å². The molecular weight excluding hydrogens is 216 g/mol. The summed E-state index contributed by atoms with van der Waals surface area (Å²) in [7, 11) is 0. The van der Waals surface area contributed by atoms with Crippen molar-refractivity contribution in [3.8, 4) is 5.75 Å². The van der Waals surface area contributed by atoms with Gasteiger partial charge in [0, 0.05) is 18.4 Å². The molecule has 0 amide bonds. The highest BCUT2D eigenvalue weighted by molar-refractivity contribution is 5.40. The summed E-state index contributed by atoms with van der Waals surface area (Å²) in [6.45, 7) is 1.55. The molecule has 92 valence electrons. The normalized spacial score (nSPS) is 23.4. The van der Waals surface area contributed by atoms with Crippen molar-refractivity contribution in [2.24, 2.45) is 0 Å². The minimum atomic E-state index is -0.623. The minimum absolute atomic E-state index is 0.229. The van der Waals surface area contributed by atoms with E-state index in [1.807, 2.05) is 24.3 Å². The van der Waals surface area contributed by atoms with Gasteiger partial charge in [0.15, 0.2) is 0 Å². The predicted molar refractivity (Wildman–Crippen MR) is 64.0 cm³/mol. The molecule has 0 bridgehead atoms. The van der Waals surface area contributed by atoms with Crippen molar-refractivity contribution < 1.29 is 14.6 Å². The predicted octanol–water partition coefficient (Wildman–Crippen LogP) is 2.23. The number of aliphatic hydroxyl groups is 1. The molecule has 1 aromatic carbocycles. The lowest BCUT2D eigenvalue weighted by Gasteiger charge is -2.25. The van der Waals surface area contributed by atoms with Crippen molar-refractivity contribution in [3.63, 3.8) is 0 Å². The van der Waals surface area contributed by atoms with Crippen LogP contribution in [-0.4, -0.2) is 24.4 Å². The van der Waals surface area contributed by atoms with Gasteiger partial charge >= 0.3 is 0 Å². The first kappa shape index (κ1) is 11.1. The Kier molecular flexibility index (Phi) is 2.81. The fraction of sp³-hybridized carbons (Fsp3) is 0.571. The second kappa shape index (κ2) is 4.31. The van der Waals surface area contributed by atoms with Crippen LogP contribution in [0.25, 0.3) is 0 Å². The van der Waals surface area contributed by atoms with Crippen LogP contribution in [0.5, 0.6) is 5.75 Å². The van der Waals surface area contributed by atoms with Gasteiger partial charge in [0.25, 0.3) is 0 Å². The summed E-state index contributed by atoms with van der Waals surface area (Å²) in [6, 6.07) is 7.86. The highest BCUT2D eigenvalue weighted by Crippen LogP contribution is 2.48. The summed E-state index contributed by atoms with van der Waals surface area (Å²) < 4.78 is 11.3. The maximum atomic E-state index is 10.2. The molecule has 3 rings (SSSR count). The zero-order valence-corrected chi connectivity index (χ0v) is 9.89. The molecule has 0 radical (unpaired) electrons. The van der Waals surface area contributed by atoms with Gasteiger partial charge in [0.05, 0.1) is 18.8 Å². The molecule has 1 saturated heterocycles. The molecule has 1 N–H and O–H groups in total. The quantitative estimate of drug-likeness (QED) is 0.871. The molecule has 3 heteroatoms. The van der Waals surface area contributed by atoms with Crippen LogP contribution < -0.4 is 4.74 Å². The van der Waals surface area contributed by atoms with Crippen LogP contribution in [0.2, 0.25) is 0 Å². The van der Waals surface area contributed by atoms with Gasteiger partial charge in [-0.25, -0.2) is 0 Å². The Hall–Kier alpha value is -1.06. The number of benzene rings is 1. The molecule has 1 aliphatic heterocycles. The summed E-state index contributed by atoms with van der Waals surface area (Å²) >= 11 is 0. The third-order valence-corrected chi connectivity index (χ3v) is 3.57. The Balaban J connectivity index is 1.77. The molecule has 2 aliphatic rings. The fourth-order valence-electron chi connectivity index (χ4n) is 2.31. The van der Waals surface area contributed by atoms with Gasteiger partial charge < -0.3 is 14.6 Å². The maximum absolute atomic E-state index is 10.2. The van der Waals surface area contributed by atoms with E-state index in [0.29, 0.717) is 0 Å². The second-order valence-electron chi connectivity index (χ2n) is 4.96. The largest absolute Gasteiger partial charge is 0.490 e. The molecule has 1 heterocycles. The van der Waals surface area contributed by atoms with E-state index in [2.05, 4.69) is 0 Å². The Bertz CT molecular complexity index is 392. The summed E-state index contributed by atoms with van der Waals surface area (Å²) in [5, 5.41) is 10.2. The molecule has 0 spiro atoms. The molecule has 0 unspecified atom stereocenters. The Morgan fingerprint density at radius 2 is 1.88 bits per heavy atom. The van der Waals surface area contributed by atoms with E-state index in [9.17, 15) is 5.11 Å². The smallest absolute Gasteiger partial charge is 0.125 e. The number of rotatable bonds is 3. The first-order valence-corrected chi connectivity index (χ1v) is 6.34. The maximum Gasteiger partial charge on any atom is 0.125 e. The lowest BCUT2D eigenvalue weighted by atomic mass is 10.1. The molecule has 0 atom stereocenters. The molecule has 3 nitrogen and oxygen atoms in total. The first-order chi connectivity index (χ1) is 8.28. The Labute approximate surface area is 101 Å². The standard InChI is InChI=1S/C14H18O3/c15-14(7-8-14)12-3-1-2-4-13(12)17-11-5-9-16-10-6-11/h1-4,11,15H,5-10H2. The van der Waals surface area contributed by atoms with Gasteiger partial charge in [-0.05, 0) is 18.9 Å². The monoisotopic (exact) mass is 234 g/mol. The summed E-state index contributed by atoms with van der Waals surface area (Å²) in [5.41, 5.74) is 0.327. The Morgan fingerprint density at radius 3 is 2.59 bits per heavy atom. The number of para-hydroxylation sites is 1. The molecule has 0 aromatic heterocycles. The van der Waals surface area contributed by atoms with Gasteiger partial charge in [0.1, 0.15) is 11.9 Å². The van der Waals surface area contributed by atoms with Crippen LogP contribution in [0.3, 0.4) is 0 Å². The zero-order valence-electron chi connectivity index (χ0n) is 9.89. The van der Waals surface area contributed by atoms with Crippen LogP contribution in [0.1, 0.15) is 31.2 Å². The summed E-state index contributed by atoms with van der Waals surface area (Å²) in [6.07, 6.45) is 3.80. The van der Waals surface area contributed by atoms with Gasteiger partial charge in [-0.3, -0.25) is 0 Å². The van der Waals surface area contributed by atoms with E-state index in [0.717, 1.165) is 50.2 Å². The van der Waals surface area contributed by atoms with E-state index in [-0.39, 0.29) is 6.10 Å². The highest BCUT2D eigenvalue weighted by atomic mass is 16.5. The minimum Gasteiger partial charge on any atom is -0.490 e. The lowest BCUT2D eigenvalue weighted by molar-refractivity contribution is 0.0236. The molecule has 1 saturated carbocycles. The van der Waals surface area contributed by atoms with Gasteiger partial charge in [-0.2, -0.15) is 0 Å². The van der Waals surface area contributed by atoms with E-state index in [1.165, 1.54) is 0 Å². The molecule has 17 heavy (non-hydrogen) atoms. The van der Waals surface area contributed by atoms with Crippen molar-refractivity contribution in [3.05, 3.63) is 29.8 Å². The van der Waals surface area contributed by atoms with Crippen LogP contribution in [0.15, 0.2) is 24.3 Å². The van der Waals surface area contributed by atoms with Crippen LogP contribution in [-0.2, 0) is 10.3 Å². The van der Waals surface area contributed by atoms with E-state index in [4.69, 9.17) is 9.47 Å². The number of hydrogen-bond donors (Lipinski definition) is 1. The van der Waals surface area contributed by atoms with Crippen molar-refractivity contribution >= 4 is 0 Å². The average Bonchev–Trinajstić information content (AvgIpc) is 3.10. The van der Waals surface area contributed by atoms with E-state index >= 15 is 0 Å². The number of hydrogen-bond acceptors (Lipinski definition) is 3. The van der Waals surface area contributed by atoms with Gasteiger partial charge in [-0.1, -0.05) is 18.2 Å². The van der Waals surface area contributed by atoms with Gasteiger partial charge in [0.2, 0.25) is 0 Å². The third kappa shape index (κ3) is 2.31. The van der Waals surface area contributed by atoms with Crippen molar-refractivity contribution in [2.45, 2.75) is 37.4 Å². The second-order valence-corrected chi connectivity index (χ2v) is 4.96. The molecular formula is C14H18O3. The summed E-state index contributed by atoms with van der Waals surface area (Å²) in [5.74, 6) is 0.847. The highest BCUT2D eigenvalue weighted by Gasteiger charge is 2.44. The van der Waals surface area contributed by atoms with Crippen LogP contribution in [0, 0.1) is 0 Å². The first-order valence-electron chi connectivity index (χ1n) is 6.34. The SMILES string of the molecule is OC1(c2ccccc2OC2CCOCC2)CC1. The molecule has 1 aliphatic carbocycles. The van der Waals surface area contributed by atoms with E-state index < -0.39 is 5.60 Å². The lowest BCUT2D eigenvalue weighted by Crippen LogP contribution is -2.26. The van der Waals surface area contributed by atoms with Crippen LogP contribution in [0.4, 0.5) is 0 Å². The Morgan fingerprint density at radius 1 is 1.18 bits per heavy atom. The van der Waals surface area contributed by atoms with Crippen LogP contribution >= 0.6 is 0 Å². The number of ether oxygens (including phenoxy) is 2. The average molecular weight is 234 g/mol. The van der Waals surface area contributed by atoms with Gasteiger partial charge in [-0.15, -0.1) is 0 Å². The zero-order chi connectivity index (χ0) is 11.7. The summed E-state index contributed by atoms with van der Waals surface area (Å²) in [4.78, 5) is 0. The third-order valence-electron chi connectivity index (χ3n) is 3.57. The van der Waals surface area contributed by atoms with Crippen molar-refractivity contribution in [1.29, 1.82) is 0 Å². The molecule has 2 fully saturated rings. The fourth-order valence-corrected chi connectivity index (χ4v) is 2.31. The topological polar surface area (TPSA) is 38.7 Å². The van der Waals surface area contributed by atoms with Crippen molar-refractivity contribution in [2.75, 3.05) is 13.2 Å². The van der Waals surface area contributed by atoms with E-state index in [1.54, 1.807) is 0 Å². The molecule has 1 aromatic rings.